The number of methoxy groups -OCH3 is 2. The number of ether oxygens (including phenoxy) is 11. The molecule has 4 rings (SSSR count). The first kappa shape index (κ1) is 62.6. The van der Waals surface area contributed by atoms with Crippen molar-refractivity contribution >= 4 is 29.4 Å². The molecule has 4 heterocycles. The van der Waals surface area contributed by atoms with Crippen LogP contribution in [0.4, 0.5) is 0 Å². The Morgan fingerprint density at radius 1 is 0.822 bits per heavy atom. The van der Waals surface area contributed by atoms with E-state index in [1.807, 2.05) is 48.5 Å². The van der Waals surface area contributed by atoms with Gasteiger partial charge in [-0.3, -0.25) is 24.1 Å². The van der Waals surface area contributed by atoms with Crippen molar-refractivity contribution in [3.8, 4) is 0 Å². The van der Waals surface area contributed by atoms with Gasteiger partial charge in [0.1, 0.15) is 43.7 Å². The molecule has 20 nitrogen and oxygen atoms in total. The highest BCUT2D eigenvalue weighted by Crippen LogP contribution is 2.40. The summed E-state index contributed by atoms with van der Waals surface area (Å²) in [7, 11) is 4.30. The van der Waals surface area contributed by atoms with Crippen LogP contribution in [0.5, 0.6) is 0 Å². The van der Waals surface area contributed by atoms with Crippen LogP contribution in [0, 0.1) is 41.4 Å². The van der Waals surface area contributed by atoms with E-state index in [9.17, 15) is 19.8 Å². The summed E-state index contributed by atoms with van der Waals surface area (Å²) in [4.78, 5) is 65.1. The second-order valence-corrected chi connectivity index (χ2v) is 22.0. The van der Waals surface area contributed by atoms with Crippen molar-refractivity contribution in [2.45, 2.75) is 227 Å². The third-order valence-electron chi connectivity index (χ3n) is 15.2. The van der Waals surface area contributed by atoms with Crippen molar-refractivity contribution in [1.29, 1.82) is 0 Å². The number of nitrogens with zero attached hydrogens (tertiary/aromatic N) is 2. The molecule has 0 radical (unpaired) electrons. The van der Waals surface area contributed by atoms with Gasteiger partial charge in [-0.1, -0.05) is 60.5 Å². The van der Waals surface area contributed by atoms with Gasteiger partial charge in [0.05, 0.1) is 54.7 Å². The lowest BCUT2D eigenvalue weighted by atomic mass is 9.74. The third-order valence-corrected chi connectivity index (χ3v) is 15.2. The van der Waals surface area contributed by atoms with Gasteiger partial charge in [0.2, 0.25) is 0 Å². The van der Waals surface area contributed by atoms with Crippen LogP contribution in [-0.2, 0) is 76.1 Å². The maximum absolute atomic E-state index is 15.4. The predicted octanol–water partition coefficient (Wildman–Crippen LogP) is 5.23. The molecule has 4 aliphatic rings. The summed E-state index contributed by atoms with van der Waals surface area (Å²) in [6, 6.07) is 0.0443. The molecule has 0 spiro atoms. The van der Waals surface area contributed by atoms with Gasteiger partial charge >= 0.3 is 17.9 Å². The fraction of sp³-hybridized carbons (Fsp3) is 0.906. The highest BCUT2D eigenvalue weighted by atomic mass is 16.7. The number of rotatable bonds is 16. The van der Waals surface area contributed by atoms with Crippen molar-refractivity contribution in [3.63, 3.8) is 0 Å². The maximum Gasteiger partial charge on any atom is 0.311 e. The van der Waals surface area contributed by atoms with Gasteiger partial charge in [-0.15, -0.1) is 0 Å². The van der Waals surface area contributed by atoms with Crippen molar-refractivity contribution in [1.82, 2.24) is 4.90 Å². The number of cyclic esters (lactones) is 1. The first-order valence-electron chi connectivity index (χ1n) is 26.5. The molecule has 4 saturated heterocycles. The molecule has 0 unspecified atom stereocenters. The van der Waals surface area contributed by atoms with E-state index in [1.54, 1.807) is 34.6 Å². The van der Waals surface area contributed by atoms with E-state index in [-0.39, 0.29) is 43.9 Å². The van der Waals surface area contributed by atoms with Crippen molar-refractivity contribution in [2.24, 2.45) is 46.6 Å². The Morgan fingerprint density at radius 3 is 2.07 bits per heavy atom. The zero-order chi connectivity index (χ0) is 54.8. The van der Waals surface area contributed by atoms with Crippen LogP contribution in [0.3, 0.4) is 0 Å². The van der Waals surface area contributed by atoms with Crippen LogP contribution in [0.2, 0.25) is 0 Å². The molecule has 0 bridgehead atoms. The molecule has 73 heavy (non-hydrogen) atoms. The van der Waals surface area contributed by atoms with Crippen LogP contribution in [-0.4, -0.2) is 183 Å². The minimum Gasteiger partial charge on any atom is -0.461 e. The van der Waals surface area contributed by atoms with Gasteiger partial charge in [0, 0.05) is 70.7 Å². The Bertz CT molecular complexity index is 1810. The zero-order valence-corrected chi connectivity index (χ0v) is 47.0. The molecule has 0 saturated carbocycles. The number of hydrogen-bond donors (Lipinski definition) is 2. The number of aliphatic hydroxyl groups is 2. The van der Waals surface area contributed by atoms with Crippen LogP contribution >= 0.6 is 0 Å². The summed E-state index contributed by atoms with van der Waals surface area (Å²) in [6.07, 6.45) is -12.1. The molecule has 0 aliphatic carbocycles. The largest absolute Gasteiger partial charge is 0.461 e. The lowest BCUT2D eigenvalue weighted by Gasteiger charge is -2.45. The summed E-state index contributed by atoms with van der Waals surface area (Å²) < 4.78 is 69.7. The van der Waals surface area contributed by atoms with Gasteiger partial charge in [-0.05, 0) is 66.3 Å². The van der Waals surface area contributed by atoms with Gasteiger partial charge in [-0.2, -0.15) is 0 Å². The third kappa shape index (κ3) is 16.1. The molecule has 4 aliphatic heterocycles. The van der Waals surface area contributed by atoms with Crippen molar-refractivity contribution in [2.75, 3.05) is 41.0 Å². The van der Waals surface area contributed by atoms with Crippen LogP contribution in [0.25, 0.3) is 0 Å². The van der Waals surface area contributed by atoms with Gasteiger partial charge in [0.15, 0.2) is 30.3 Å². The lowest BCUT2D eigenvalue weighted by Crippen LogP contribution is -2.59. The predicted molar refractivity (Wildman–Crippen MR) is 267 cm³/mol. The highest BCUT2D eigenvalue weighted by molar-refractivity contribution is 5.91. The number of oxime groups is 1. The number of carbonyl (C=O) groups excluding carboxylic acids is 4. The molecule has 0 aromatic carbocycles. The Balaban J connectivity index is 1.95. The molecule has 4 fully saturated rings. The summed E-state index contributed by atoms with van der Waals surface area (Å²) in [5, 5.41) is 26.6. The summed E-state index contributed by atoms with van der Waals surface area (Å²) in [5.41, 5.74) is -1.54. The van der Waals surface area contributed by atoms with Crippen LogP contribution < -0.4 is 0 Å². The lowest BCUT2D eigenvalue weighted by molar-refractivity contribution is -0.305. The van der Waals surface area contributed by atoms with E-state index in [4.69, 9.17) is 56.9 Å². The molecule has 2 N–H and O–H groups in total. The topological polar surface area (TPSA) is 235 Å². The van der Waals surface area contributed by atoms with E-state index < -0.39 is 145 Å². The fourth-order valence-electron chi connectivity index (χ4n) is 11.4. The van der Waals surface area contributed by atoms with Crippen molar-refractivity contribution in [3.05, 3.63) is 0 Å². The van der Waals surface area contributed by atoms with E-state index in [0.717, 1.165) is 6.54 Å². The highest BCUT2D eigenvalue weighted by Gasteiger charge is 2.52. The number of likely N-dealkylation sites (N-methyl/N-ethyl adjacent to an activating group) is 1. The molecular weight excluding hydrogens is 953 g/mol. The maximum atomic E-state index is 15.4. The minimum atomic E-state index is -1.84. The Kier molecular flexibility index (Phi) is 24.0. The fourth-order valence-corrected chi connectivity index (χ4v) is 11.4. The number of carbonyl (C=O) groups is 4. The van der Waals surface area contributed by atoms with Crippen LogP contribution in [0.1, 0.15) is 130 Å². The van der Waals surface area contributed by atoms with Crippen molar-refractivity contribution < 1.29 is 86.3 Å². The van der Waals surface area contributed by atoms with Gasteiger partial charge in [-0.25, -0.2) is 0 Å². The summed E-state index contributed by atoms with van der Waals surface area (Å²) in [5.74, 6) is -7.76. The summed E-state index contributed by atoms with van der Waals surface area (Å²) >= 11 is 0. The molecule has 422 valence electrons. The van der Waals surface area contributed by atoms with Crippen LogP contribution in [0.15, 0.2) is 5.16 Å². The Labute approximate surface area is 434 Å². The SMILES string of the molecule is CCN1C[C@H](C)O[C@@H](O[C@H]2[C@H](C)[C@@H](O[C@@H]3O[C@H](C)C/C(=N\OC)[C@H]3O)[C@@H](C)C[C@](C)(OC(C)=O)C(=O)[C@H](C)[C@H](OC(=O)CC(C)C)[C@@H](C)[C@@H]([C@@H](C)CO[C@@H]3O[C@H](C)[C@@H](O)[C@@H](OC)[C@H]3OC)OC(=O)[C@@H]2C)C[C@@H]1C. The average molecular weight is 1050 g/mol. The molecule has 0 aromatic heterocycles. The number of Topliss-reactive ketones (excluding diaryl/α,β-unsaturated/α-hetero) is 1. The van der Waals surface area contributed by atoms with E-state index >= 15 is 9.59 Å². The minimum absolute atomic E-state index is 0.0293. The van der Waals surface area contributed by atoms with E-state index in [0.29, 0.717) is 18.7 Å². The van der Waals surface area contributed by atoms with E-state index in [1.165, 1.54) is 28.3 Å². The molecule has 0 aromatic rings. The smallest absolute Gasteiger partial charge is 0.311 e. The average Bonchev–Trinajstić information content (AvgIpc) is 3.45. The Hall–Kier alpha value is -2.89. The van der Waals surface area contributed by atoms with Gasteiger partial charge in [0.25, 0.3) is 0 Å². The second kappa shape index (κ2) is 27.9. The summed E-state index contributed by atoms with van der Waals surface area (Å²) in [6.45, 7) is 28.1. The first-order chi connectivity index (χ1) is 34.2. The molecule has 22 atom stereocenters. The zero-order valence-electron chi connectivity index (χ0n) is 47.0. The monoisotopic (exact) mass is 1040 g/mol. The number of esters is 3. The molecular formula is C53H92N2O18. The number of aliphatic hydroxyl groups excluding tert-OH is 2. The molecule has 0 amide bonds. The standard InChI is InChI=1S/C53H92N2O18/c1-19-55-24-31(8)66-40(21-29(55)6)70-46-32(9)43(72-51-42(59)38(54-64-18)22-30(7)67-51)27(4)23-53(15,73-37(14)56)49(60)34(11)45(69-39(57)20-26(2)3)33(10)44(71-50(61)35(46)12)28(5)25-65-52-48(63-17)47(62-16)41(58)36(13)68-52/h26-36,40-48,51-52,58-59H,19-25H2,1-18H3/b54-38+/t27-,28-,29-,30+,31-,32+,33-,34+,35+,36+,40-,41+,42+,43-,44+,45+,46-,47+,48+,51-,52+,53-/m0/s1. The first-order valence-corrected chi connectivity index (χ1v) is 26.5. The molecule has 20 heteroatoms. The number of hydrogen-bond acceptors (Lipinski definition) is 20. The Morgan fingerprint density at radius 2 is 1.48 bits per heavy atom. The normalized spacial score (nSPS) is 41.8. The van der Waals surface area contributed by atoms with E-state index in [2.05, 4.69) is 23.9 Å². The second-order valence-electron chi connectivity index (χ2n) is 22.0. The van der Waals surface area contributed by atoms with Gasteiger partial charge < -0.3 is 67.2 Å². The number of ketones is 1. The quantitative estimate of drug-likeness (QED) is 0.114.